The van der Waals surface area contributed by atoms with Gasteiger partial charge in [0.15, 0.2) is 5.78 Å². The Labute approximate surface area is 178 Å². The molecule has 3 aromatic rings. The molecule has 0 saturated carbocycles. The molecule has 31 heavy (non-hydrogen) atoms. The summed E-state index contributed by atoms with van der Waals surface area (Å²) in [7, 11) is 0. The summed E-state index contributed by atoms with van der Waals surface area (Å²) >= 11 is 0. The number of hydrogen-bond donors (Lipinski definition) is 3. The quantitative estimate of drug-likeness (QED) is 0.512. The molecule has 0 bridgehead atoms. The summed E-state index contributed by atoms with van der Waals surface area (Å²) in [6.45, 7) is 0. The fourth-order valence-corrected chi connectivity index (χ4v) is 4.04. The largest absolute Gasteiger partial charge is 0.733 e. The number of para-hydroxylation sites is 2. The van der Waals surface area contributed by atoms with Gasteiger partial charge in [0, 0.05) is 17.5 Å². The Hall–Kier alpha value is -3.94. The highest BCUT2D eigenvalue weighted by molar-refractivity contribution is 6.36. The summed E-state index contributed by atoms with van der Waals surface area (Å²) in [5.74, 6) is -0.308. The van der Waals surface area contributed by atoms with E-state index < -0.39 is 0 Å². The average Bonchev–Trinajstić information content (AvgIpc) is 2.93. The Bertz CT molecular complexity index is 1250. The van der Waals surface area contributed by atoms with Gasteiger partial charge in [-0.1, -0.05) is 48.5 Å². The van der Waals surface area contributed by atoms with Gasteiger partial charge in [-0.25, -0.2) is 0 Å². The lowest BCUT2D eigenvalue weighted by Gasteiger charge is -2.23. The molecule has 0 fully saturated rings. The van der Waals surface area contributed by atoms with Crippen molar-refractivity contribution in [2.75, 3.05) is 10.5 Å². The maximum Gasteiger partial charge on any atom is 0.199 e. The molecule has 7 heteroatoms. The highest BCUT2D eigenvalue weighted by Crippen LogP contribution is 2.39. The second-order valence-electron chi connectivity index (χ2n) is 7.44. The normalized spacial score (nSPS) is 17.4. The molecule has 1 heterocycles. The number of aliphatic imine (C=N–C) groups is 1. The fraction of sp³-hybridized carbons (Fsp3) is 0.0833. The molecule has 154 valence electrons. The maximum absolute atomic E-state index is 13.1. The van der Waals surface area contributed by atoms with Crippen molar-refractivity contribution in [3.63, 3.8) is 0 Å². The predicted octanol–water partition coefficient (Wildman–Crippen LogP) is 5.18. The zero-order valence-electron chi connectivity index (χ0n) is 16.3. The van der Waals surface area contributed by atoms with Crippen molar-refractivity contribution in [2.45, 2.75) is 12.5 Å². The topological polar surface area (TPSA) is 108 Å². The Morgan fingerprint density at radius 2 is 1.65 bits per heavy atom. The minimum absolute atomic E-state index is 0.0601. The smallest absolute Gasteiger partial charge is 0.199 e. The molecule has 1 aliphatic carbocycles. The van der Waals surface area contributed by atoms with E-state index in [1.165, 1.54) is 12.1 Å². The number of carbonyl (C=O) groups excluding carboxylic acids is 1. The van der Waals surface area contributed by atoms with Crippen LogP contribution in [0.2, 0.25) is 0 Å². The van der Waals surface area contributed by atoms with Crippen LogP contribution in [0, 0.1) is 5.21 Å². The number of rotatable bonds is 3. The number of anilines is 2. The average molecular weight is 412 g/mol. The van der Waals surface area contributed by atoms with E-state index in [-0.39, 0.29) is 34.1 Å². The third-order valence-corrected chi connectivity index (χ3v) is 5.58. The summed E-state index contributed by atoms with van der Waals surface area (Å²) < 4.78 is 0. The number of nitrogens with one attached hydrogen (secondary N) is 1. The van der Waals surface area contributed by atoms with Crippen LogP contribution in [-0.4, -0.2) is 21.8 Å². The highest BCUT2D eigenvalue weighted by atomic mass is 16.8. The molecule has 2 aliphatic rings. The maximum atomic E-state index is 13.1. The monoisotopic (exact) mass is 412 g/mol. The Balaban J connectivity index is 1.60. The number of carbonyl (C=O) groups is 1. The molecule has 3 N–H and O–H groups in total. The Morgan fingerprint density at radius 3 is 2.35 bits per heavy atom. The molecule has 1 unspecified atom stereocenters. The number of aliphatic hydroxyl groups excluding tert-OH is 1. The minimum Gasteiger partial charge on any atom is -0.733 e. The van der Waals surface area contributed by atoms with Gasteiger partial charge in [-0.05, 0) is 29.8 Å². The second kappa shape index (κ2) is 7.39. The summed E-state index contributed by atoms with van der Waals surface area (Å²) in [5, 5.41) is 34.3. The van der Waals surface area contributed by atoms with Crippen molar-refractivity contribution in [3.8, 4) is 0 Å². The first-order valence-electron chi connectivity index (χ1n) is 9.80. The first-order valence-corrected chi connectivity index (χ1v) is 9.80. The number of benzene rings is 3. The number of Topliss-reactive ketones (excluding diaryl/α,β-unsaturated/α-hetero) is 1. The van der Waals surface area contributed by atoms with Gasteiger partial charge >= 0.3 is 0 Å². The van der Waals surface area contributed by atoms with Gasteiger partial charge in [0.25, 0.3) is 0 Å². The Morgan fingerprint density at radius 1 is 0.968 bits per heavy atom. The van der Waals surface area contributed by atoms with E-state index in [0.29, 0.717) is 28.9 Å². The number of nitrogens with zero attached hydrogens (tertiary/aromatic N) is 2. The number of fused-ring (bicyclic) bond motifs is 2. The molecule has 0 radical (unpaired) electrons. The van der Waals surface area contributed by atoms with E-state index in [4.69, 9.17) is 10.2 Å². The number of allylic oxidation sites excluding steroid dienone is 1. The van der Waals surface area contributed by atoms with Crippen LogP contribution in [0.5, 0.6) is 0 Å². The van der Waals surface area contributed by atoms with Crippen LogP contribution in [0.25, 0.3) is 5.76 Å². The van der Waals surface area contributed by atoms with Gasteiger partial charge < -0.3 is 20.9 Å². The van der Waals surface area contributed by atoms with Gasteiger partial charge in [-0.2, -0.15) is 0 Å². The first kappa shape index (κ1) is 19.0. The molecule has 0 spiro atoms. The van der Waals surface area contributed by atoms with E-state index >= 15 is 0 Å². The fourth-order valence-electron chi connectivity index (χ4n) is 4.04. The van der Waals surface area contributed by atoms with E-state index in [1.807, 2.05) is 24.3 Å². The molecule has 1 atom stereocenters. The lowest BCUT2D eigenvalue weighted by atomic mass is 9.95. The van der Waals surface area contributed by atoms with Crippen LogP contribution in [0.1, 0.15) is 33.9 Å². The first-order chi connectivity index (χ1) is 15.0. The van der Waals surface area contributed by atoms with Crippen molar-refractivity contribution in [3.05, 3.63) is 100 Å². The summed E-state index contributed by atoms with van der Waals surface area (Å²) in [5.41, 5.74) is 4.09. The third-order valence-electron chi connectivity index (χ3n) is 5.58. The molecule has 0 amide bonds. The predicted molar refractivity (Wildman–Crippen MR) is 119 cm³/mol. The molecular weight excluding hydrogens is 394 g/mol. The second-order valence-corrected chi connectivity index (χ2v) is 7.44. The molecule has 1 aliphatic heterocycles. The van der Waals surface area contributed by atoms with Crippen molar-refractivity contribution in [1.82, 2.24) is 0 Å². The third kappa shape index (κ3) is 3.26. The van der Waals surface area contributed by atoms with Crippen molar-refractivity contribution in [1.29, 1.82) is 0 Å². The standard InChI is InChI=1S/C24H18N3O4/c28-23-16-5-1-2-6-17(16)24(29)22(23)21-13-20(14-9-11-15(12-10-14)27(30)31)25-18-7-3-4-8-19(18)26-21/h1-12,20,25,28,30H,13H2/q-1. The lowest BCUT2D eigenvalue weighted by molar-refractivity contribution is 0.104. The zero-order valence-corrected chi connectivity index (χ0v) is 16.3. The minimum atomic E-state index is -0.271. The van der Waals surface area contributed by atoms with Crippen LogP contribution >= 0.6 is 0 Å². The summed E-state index contributed by atoms with van der Waals surface area (Å²) in [6.07, 6.45) is 0.341. The van der Waals surface area contributed by atoms with Gasteiger partial charge in [-0.15, -0.1) is 0 Å². The van der Waals surface area contributed by atoms with Crippen LogP contribution in [0.4, 0.5) is 17.1 Å². The summed E-state index contributed by atoms with van der Waals surface area (Å²) in [4.78, 5) is 17.9. The van der Waals surface area contributed by atoms with Gasteiger partial charge in [0.1, 0.15) is 5.76 Å². The van der Waals surface area contributed by atoms with E-state index in [1.54, 1.807) is 36.4 Å². The van der Waals surface area contributed by atoms with Crippen LogP contribution in [0.15, 0.2) is 83.4 Å². The molecule has 0 aromatic heterocycles. The van der Waals surface area contributed by atoms with E-state index in [2.05, 4.69) is 5.32 Å². The SMILES string of the molecule is O=C1C(C2=Nc3ccccc3NC(c3ccc(N([O-])O)cc3)C2)=C(O)c2ccccc21. The van der Waals surface area contributed by atoms with E-state index in [9.17, 15) is 15.1 Å². The van der Waals surface area contributed by atoms with Crippen molar-refractivity contribution < 1.29 is 15.1 Å². The molecule has 3 aromatic carbocycles. The van der Waals surface area contributed by atoms with Crippen molar-refractivity contribution in [2.24, 2.45) is 4.99 Å². The van der Waals surface area contributed by atoms with Crippen molar-refractivity contribution >= 4 is 34.3 Å². The number of ketones is 1. The Kier molecular flexibility index (Phi) is 4.54. The molecule has 7 nitrogen and oxygen atoms in total. The van der Waals surface area contributed by atoms with Gasteiger partial charge in [-0.3, -0.25) is 15.0 Å². The van der Waals surface area contributed by atoms with Gasteiger partial charge in [0.05, 0.1) is 34.4 Å². The summed E-state index contributed by atoms with van der Waals surface area (Å²) in [6, 6.07) is 20.7. The zero-order chi connectivity index (χ0) is 21.5. The highest BCUT2D eigenvalue weighted by Gasteiger charge is 2.34. The molecular formula is C24H18N3O4-. The van der Waals surface area contributed by atoms with Crippen LogP contribution in [0.3, 0.4) is 0 Å². The lowest BCUT2D eigenvalue weighted by Crippen LogP contribution is -2.18. The van der Waals surface area contributed by atoms with Gasteiger partial charge in [0.2, 0.25) is 0 Å². The van der Waals surface area contributed by atoms with Crippen LogP contribution < -0.4 is 10.5 Å². The number of aliphatic hydroxyl groups is 1. The van der Waals surface area contributed by atoms with E-state index in [0.717, 1.165) is 11.3 Å². The molecule has 0 saturated heterocycles. The molecule has 5 rings (SSSR count). The van der Waals surface area contributed by atoms with Crippen LogP contribution in [-0.2, 0) is 0 Å². The number of hydrogen-bond acceptors (Lipinski definition) is 7.